The van der Waals surface area contributed by atoms with Gasteiger partial charge in [-0.2, -0.15) is 0 Å². The first-order chi connectivity index (χ1) is 11.8. The van der Waals surface area contributed by atoms with E-state index in [0.717, 1.165) is 22.6 Å². The van der Waals surface area contributed by atoms with E-state index in [1.165, 1.54) is 0 Å². The van der Waals surface area contributed by atoms with Crippen molar-refractivity contribution in [2.24, 2.45) is 0 Å². The first-order valence-electron chi connectivity index (χ1n) is 7.64. The molecule has 0 radical (unpaired) electrons. The van der Waals surface area contributed by atoms with E-state index in [9.17, 15) is 0 Å². The quantitative estimate of drug-likeness (QED) is 0.750. The number of rotatable bonds is 6. The maximum atomic E-state index is 8.76. The van der Waals surface area contributed by atoms with E-state index in [2.05, 4.69) is 9.97 Å². The van der Waals surface area contributed by atoms with Crippen molar-refractivity contribution < 1.29 is 14.3 Å². The second-order valence-electron chi connectivity index (χ2n) is 5.19. The van der Waals surface area contributed by atoms with Crippen LogP contribution in [0.15, 0.2) is 59.2 Å². The molecule has 0 aliphatic heterocycles. The Hall–Kier alpha value is -2.92. The molecule has 0 amide bonds. The summed E-state index contributed by atoms with van der Waals surface area (Å²) < 4.78 is 11.4. The molecule has 0 saturated carbocycles. The van der Waals surface area contributed by atoms with Gasteiger partial charge in [-0.3, -0.25) is 0 Å². The lowest BCUT2D eigenvalue weighted by Crippen LogP contribution is -1.99. The van der Waals surface area contributed by atoms with Crippen molar-refractivity contribution in [3.8, 4) is 17.3 Å². The number of nitrogens with zero attached hydrogens (tertiary/aromatic N) is 2. The molecule has 0 unspecified atom stereocenters. The number of aliphatic hydroxyl groups excluding tert-OH is 1. The first kappa shape index (κ1) is 16.0. The van der Waals surface area contributed by atoms with Crippen LogP contribution in [0.3, 0.4) is 0 Å². The first-order valence-corrected chi connectivity index (χ1v) is 7.64. The molecule has 122 valence electrons. The maximum absolute atomic E-state index is 8.76. The van der Waals surface area contributed by atoms with Crippen molar-refractivity contribution >= 4 is 6.08 Å². The second kappa shape index (κ2) is 7.57. The molecule has 0 bridgehead atoms. The largest absolute Gasteiger partial charge is 0.471 e. The Morgan fingerprint density at radius 1 is 1.17 bits per heavy atom. The molecule has 3 aromatic rings. The number of benzene rings is 1. The summed E-state index contributed by atoms with van der Waals surface area (Å²) in [6, 6.07) is 13.4. The van der Waals surface area contributed by atoms with Gasteiger partial charge in [0.1, 0.15) is 18.1 Å². The normalized spacial score (nSPS) is 11.1. The molecule has 3 rings (SSSR count). The number of ether oxygens (including phenoxy) is 1. The highest BCUT2D eigenvalue weighted by Gasteiger charge is 2.12. The zero-order valence-corrected chi connectivity index (χ0v) is 13.3. The van der Waals surface area contributed by atoms with Gasteiger partial charge in [-0.05, 0) is 30.7 Å². The van der Waals surface area contributed by atoms with Gasteiger partial charge in [-0.15, -0.1) is 0 Å². The van der Waals surface area contributed by atoms with E-state index in [1.54, 1.807) is 24.4 Å². The van der Waals surface area contributed by atoms with Gasteiger partial charge in [0.25, 0.3) is 0 Å². The highest BCUT2D eigenvalue weighted by atomic mass is 16.5. The minimum Gasteiger partial charge on any atom is -0.471 e. The van der Waals surface area contributed by atoms with Crippen LogP contribution in [0, 0.1) is 6.92 Å². The van der Waals surface area contributed by atoms with Gasteiger partial charge in [0, 0.05) is 17.8 Å². The van der Waals surface area contributed by atoms with Crippen molar-refractivity contribution in [2.75, 3.05) is 6.61 Å². The Labute approximate surface area is 140 Å². The summed E-state index contributed by atoms with van der Waals surface area (Å²) in [4.78, 5) is 8.72. The van der Waals surface area contributed by atoms with E-state index in [1.807, 2.05) is 43.3 Å². The molecule has 0 atom stereocenters. The third-order valence-electron chi connectivity index (χ3n) is 3.45. The molecular weight excluding hydrogens is 304 g/mol. The lowest BCUT2D eigenvalue weighted by Gasteiger charge is -2.03. The van der Waals surface area contributed by atoms with E-state index in [-0.39, 0.29) is 6.61 Å². The van der Waals surface area contributed by atoms with Gasteiger partial charge >= 0.3 is 0 Å². The Kier molecular flexibility index (Phi) is 5.03. The summed E-state index contributed by atoms with van der Waals surface area (Å²) in [5.41, 5.74) is 2.59. The van der Waals surface area contributed by atoms with Crippen LogP contribution in [0.5, 0.6) is 5.88 Å². The zero-order chi connectivity index (χ0) is 16.8. The smallest absolute Gasteiger partial charge is 0.226 e. The van der Waals surface area contributed by atoms with E-state index >= 15 is 0 Å². The molecule has 0 aliphatic rings. The monoisotopic (exact) mass is 322 g/mol. The Bertz CT molecular complexity index is 808. The molecule has 24 heavy (non-hydrogen) atoms. The minimum atomic E-state index is 0.00738. The maximum Gasteiger partial charge on any atom is 0.226 e. The van der Waals surface area contributed by atoms with Crippen molar-refractivity contribution in [3.63, 3.8) is 0 Å². The number of aromatic nitrogens is 2. The van der Waals surface area contributed by atoms with Gasteiger partial charge in [0.05, 0.1) is 6.61 Å². The molecule has 5 nitrogen and oxygen atoms in total. The third-order valence-corrected chi connectivity index (χ3v) is 3.45. The summed E-state index contributed by atoms with van der Waals surface area (Å²) in [5, 5.41) is 8.76. The van der Waals surface area contributed by atoms with Gasteiger partial charge in [-0.25, -0.2) is 9.97 Å². The number of aryl methyl sites for hydroxylation is 1. The Balaban J connectivity index is 1.66. The van der Waals surface area contributed by atoms with Crippen LogP contribution < -0.4 is 4.74 Å². The summed E-state index contributed by atoms with van der Waals surface area (Å²) in [7, 11) is 0. The molecule has 0 aliphatic carbocycles. The number of aliphatic hydroxyl groups is 1. The predicted molar refractivity (Wildman–Crippen MR) is 91.4 cm³/mol. The highest BCUT2D eigenvalue weighted by Crippen LogP contribution is 2.22. The summed E-state index contributed by atoms with van der Waals surface area (Å²) in [5.74, 6) is 1.83. The molecule has 1 N–H and O–H groups in total. The SMILES string of the molecule is Cc1oc(-c2ccccc2)nc1COc1ccc(C=CCO)cn1. The fourth-order valence-electron chi connectivity index (χ4n) is 2.17. The summed E-state index contributed by atoms with van der Waals surface area (Å²) in [6.45, 7) is 2.17. The lowest BCUT2D eigenvalue weighted by molar-refractivity contribution is 0.287. The average molecular weight is 322 g/mol. The molecule has 5 heteroatoms. The predicted octanol–water partition coefficient (Wildman–Crippen LogP) is 3.63. The highest BCUT2D eigenvalue weighted by molar-refractivity contribution is 5.53. The Morgan fingerprint density at radius 3 is 2.71 bits per heavy atom. The Morgan fingerprint density at radius 2 is 2.00 bits per heavy atom. The van der Waals surface area contributed by atoms with Crippen LogP contribution in [-0.4, -0.2) is 21.7 Å². The number of hydrogen-bond acceptors (Lipinski definition) is 5. The van der Waals surface area contributed by atoms with Gasteiger partial charge in [0.15, 0.2) is 0 Å². The van der Waals surface area contributed by atoms with Crippen LogP contribution in [0.2, 0.25) is 0 Å². The van der Waals surface area contributed by atoms with Crippen molar-refractivity contribution in [3.05, 3.63) is 71.8 Å². The molecule has 2 heterocycles. The molecule has 2 aromatic heterocycles. The topological polar surface area (TPSA) is 68.4 Å². The van der Waals surface area contributed by atoms with Crippen LogP contribution in [0.25, 0.3) is 17.5 Å². The number of hydrogen-bond donors (Lipinski definition) is 1. The van der Waals surface area contributed by atoms with E-state index < -0.39 is 0 Å². The molecule has 0 saturated heterocycles. The van der Waals surface area contributed by atoms with Crippen LogP contribution in [-0.2, 0) is 6.61 Å². The van der Waals surface area contributed by atoms with E-state index in [0.29, 0.717) is 18.4 Å². The van der Waals surface area contributed by atoms with Crippen LogP contribution >= 0.6 is 0 Å². The number of pyridine rings is 1. The molecule has 0 spiro atoms. The lowest BCUT2D eigenvalue weighted by atomic mass is 10.2. The molecular formula is C19H18N2O3. The van der Waals surface area contributed by atoms with Crippen molar-refractivity contribution in [1.82, 2.24) is 9.97 Å². The van der Waals surface area contributed by atoms with Crippen molar-refractivity contribution in [2.45, 2.75) is 13.5 Å². The summed E-state index contributed by atoms with van der Waals surface area (Å²) in [6.07, 6.45) is 5.14. The fourth-order valence-corrected chi connectivity index (χ4v) is 2.17. The fraction of sp³-hybridized carbons (Fsp3) is 0.158. The van der Waals surface area contributed by atoms with Crippen LogP contribution in [0.1, 0.15) is 17.0 Å². The third kappa shape index (κ3) is 3.88. The van der Waals surface area contributed by atoms with Gasteiger partial charge in [-0.1, -0.05) is 30.4 Å². The molecule has 0 fully saturated rings. The molecule has 1 aromatic carbocycles. The summed E-state index contributed by atoms with van der Waals surface area (Å²) >= 11 is 0. The average Bonchev–Trinajstić information content (AvgIpc) is 3.01. The zero-order valence-electron chi connectivity index (χ0n) is 13.3. The number of oxazole rings is 1. The van der Waals surface area contributed by atoms with E-state index in [4.69, 9.17) is 14.3 Å². The second-order valence-corrected chi connectivity index (χ2v) is 5.19. The van der Waals surface area contributed by atoms with Crippen molar-refractivity contribution in [1.29, 1.82) is 0 Å². The van der Waals surface area contributed by atoms with Gasteiger partial charge in [0.2, 0.25) is 11.8 Å². The van der Waals surface area contributed by atoms with Crippen LogP contribution in [0.4, 0.5) is 0 Å². The standard InChI is InChI=1S/C19H18N2O3/c1-14-17(21-19(24-14)16-7-3-2-4-8-16)13-23-18-10-9-15(12-20-18)6-5-11-22/h2-10,12,22H,11,13H2,1H3. The van der Waals surface area contributed by atoms with Gasteiger partial charge < -0.3 is 14.3 Å². The minimum absolute atomic E-state index is 0.00738.